The van der Waals surface area contributed by atoms with Gasteiger partial charge in [-0.3, -0.25) is 0 Å². The number of benzene rings is 1. The van der Waals surface area contributed by atoms with E-state index in [1.54, 1.807) is 18.2 Å². The standard InChI is InChI=1S/C15H22F2N2O2/c16-15(17)21-14-6-2-1-5-12(14)9-18-10-13(20)11-19-7-3-4-8-19/h1-2,5-6,13,15,18,20H,3-4,7-11H2. The van der Waals surface area contributed by atoms with E-state index in [2.05, 4.69) is 15.0 Å². The van der Waals surface area contributed by atoms with E-state index in [0.717, 1.165) is 13.1 Å². The second kappa shape index (κ2) is 8.26. The first-order chi connectivity index (χ1) is 10.1. The van der Waals surface area contributed by atoms with Crippen LogP contribution < -0.4 is 10.1 Å². The van der Waals surface area contributed by atoms with Crippen LogP contribution >= 0.6 is 0 Å². The quantitative estimate of drug-likeness (QED) is 0.769. The van der Waals surface area contributed by atoms with E-state index in [1.807, 2.05) is 0 Å². The molecule has 2 rings (SSSR count). The first kappa shape index (κ1) is 16.1. The van der Waals surface area contributed by atoms with E-state index in [1.165, 1.54) is 18.9 Å². The van der Waals surface area contributed by atoms with Crippen molar-refractivity contribution in [2.24, 2.45) is 0 Å². The highest BCUT2D eigenvalue weighted by Crippen LogP contribution is 2.19. The van der Waals surface area contributed by atoms with Gasteiger partial charge in [-0.1, -0.05) is 18.2 Å². The van der Waals surface area contributed by atoms with Crippen molar-refractivity contribution in [3.8, 4) is 5.75 Å². The summed E-state index contributed by atoms with van der Waals surface area (Å²) in [6.45, 7) is 0.734. The van der Waals surface area contributed by atoms with Gasteiger partial charge >= 0.3 is 6.61 Å². The molecule has 1 atom stereocenters. The zero-order chi connectivity index (χ0) is 15.1. The predicted molar refractivity (Wildman–Crippen MR) is 76.5 cm³/mol. The first-order valence-corrected chi connectivity index (χ1v) is 7.29. The van der Waals surface area contributed by atoms with Gasteiger partial charge in [-0.2, -0.15) is 8.78 Å². The van der Waals surface area contributed by atoms with Crippen molar-refractivity contribution in [2.45, 2.75) is 32.1 Å². The Morgan fingerprint density at radius 1 is 1.24 bits per heavy atom. The SMILES string of the molecule is OC(CNCc1ccccc1OC(F)F)CN1CCCC1. The van der Waals surface area contributed by atoms with E-state index in [-0.39, 0.29) is 5.75 Å². The highest BCUT2D eigenvalue weighted by atomic mass is 19.3. The van der Waals surface area contributed by atoms with E-state index in [0.29, 0.717) is 25.2 Å². The number of hydrogen-bond acceptors (Lipinski definition) is 4. The second-order valence-corrected chi connectivity index (χ2v) is 5.28. The number of alkyl halides is 2. The number of aliphatic hydroxyl groups excluding tert-OH is 1. The summed E-state index contributed by atoms with van der Waals surface area (Å²) in [5, 5.41) is 13.0. The number of hydrogen-bond donors (Lipinski definition) is 2. The molecule has 0 saturated carbocycles. The van der Waals surface area contributed by atoms with Gasteiger partial charge in [0, 0.05) is 25.2 Å². The molecule has 21 heavy (non-hydrogen) atoms. The van der Waals surface area contributed by atoms with Crippen LogP contribution in [0.4, 0.5) is 8.78 Å². The third-order valence-electron chi connectivity index (χ3n) is 3.55. The van der Waals surface area contributed by atoms with Gasteiger partial charge in [-0.15, -0.1) is 0 Å². The second-order valence-electron chi connectivity index (χ2n) is 5.28. The summed E-state index contributed by atoms with van der Waals surface area (Å²) in [7, 11) is 0. The topological polar surface area (TPSA) is 44.7 Å². The van der Waals surface area contributed by atoms with Crippen LogP contribution in [0.15, 0.2) is 24.3 Å². The average molecular weight is 300 g/mol. The minimum atomic E-state index is -2.83. The van der Waals surface area contributed by atoms with Crippen molar-refractivity contribution >= 4 is 0 Å². The van der Waals surface area contributed by atoms with Gasteiger partial charge in [0.25, 0.3) is 0 Å². The van der Waals surface area contributed by atoms with Crippen molar-refractivity contribution in [3.05, 3.63) is 29.8 Å². The zero-order valence-corrected chi connectivity index (χ0v) is 12.0. The third-order valence-corrected chi connectivity index (χ3v) is 3.55. The fraction of sp³-hybridized carbons (Fsp3) is 0.600. The maximum Gasteiger partial charge on any atom is 0.387 e. The van der Waals surface area contributed by atoms with Crippen molar-refractivity contribution in [2.75, 3.05) is 26.2 Å². The molecule has 118 valence electrons. The molecule has 1 unspecified atom stereocenters. The minimum Gasteiger partial charge on any atom is -0.434 e. The molecule has 1 saturated heterocycles. The molecule has 1 aromatic rings. The van der Waals surface area contributed by atoms with Gasteiger partial charge in [0.15, 0.2) is 0 Å². The van der Waals surface area contributed by atoms with E-state index >= 15 is 0 Å². The Balaban J connectivity index is 1.74. The highest BCUT2D eigenvalue weighted by Gasteiger charge is 2.15. The summed E-state index contributed by atoms with van der Waals surface area (Å²) < 4.78 is 29.0. The van der Waals surface area contributed by atoms with Crippen LogP contribution in [0.1, 0.15) is 18.4 Å². The lowest BCUT2D eigenvalue weighted by Gasteiger charge is -2.20. The van der Waals surface area contributed by atoms with Crippen LogP contribution in [0, 0.1) is 0 Å². The molecular weight excluding hydrogens is 278 g/mol. The molecule has 6 heteroatoms. The number of β-amino-alcohol motifs (C(OH)–C–C–N with tert-alkyl or cyclic N) is 1. The average Bonchev–Trinajstić information content (AvgIpc) is 2.93. The normalized spacial score (nSPS) is 17.3. The first-order valence-electron chi connectivity index (χ1n) is 7.29. The Morgan fingerprint density at radius 3 is 2.67 bits per heavy atom. The zero-order valence-electron chi connectivity index (χ0n) is 12.0. The minimum absolute atomic E-state index is 0.175. The van der Waals surface area contributed by atoms with Gasteiger partial charge in [0.2, 0.25) is 0 Å². The molecule has 2 N–H and O–H groups in total. The van der Waals surface area contributed by atoms with Gasteiger partial charge in [0.05, 0.1) is 6.10 Å². The lowest BCUT2D eigenvalue weighted by molar-refractivity contribution is -0.0505. The predicted octanol–water partition coefficient (Wildman–Crippen LogP) is 1.83. The number of para-hydroxylation sites is 1. The number of rotatable bonds is 8. The molecule has 0 amide bonds. The molecule has 1 heterocycles. The van der Waals surface area contributed by atoms with Gasteiger partial charge in [-0.05, 0) is 32.0 Å². The van der Waals surface area contributed by atoms with Gasteiger partial charge in [-0.25, -0.2) is 0 Å². The van der Waals surface area contributed by atoms with Gasteiger partial charge in [0.1, 0.15) is 5.75 Å². The molecule has 0 aliphatic carbocycles. The lowest BCUT2D eigenvalue weighted by Crippen LogP contribution is -2.36. The van der Waals surface area contributed by atoms with Crippen LogP contribution in [0.5, 0.6) is 5.75 Å². The van der Waals surface area contributed by atoms with E-state index < -0.39 is 12.7 Å². The summed E-state index contributed by atoms with van der Waals surface area (Å²) in [4.78, 5) is 2.24. The van der Waals surface area contributed by atoms with Gasteiger partial charge < -0.3 is 20.1 Å². The Kier molecular flexibility index (Phi) is 6.35. The molecule has 0 spiro atoms. The molecule has 1 aliphatic rings. The maximum atomic E-state index is 12.3. The maximum absolute atomic E-state index is 12.3. The Morgan fingerprint density at radius 2 is 1.95 bits per heavy atom. The largest absolute Gasteiger partial charge is 0.434 e. The van der Waals surface area contributed by atoms with E-state index in [4.69, 9.17) is 0 Å². The molecule has 1 aromatic carbocycles. The fourth-order valence-electron chi connectivity index (χ4n) is 2.56. The van der Waals surface area contributed by atoms with Crippen LogP contribution in [-0.2, 0) is 6.54 Å². The third kappa shape index (κ3) is 5.57. The van der Waals surface area contributed by atoms with Crippen molar-refractivity contribution < 1.29 is 18.6 Å². The lowest BCUT2D eigenvalue weighted by atomic mass is 10.2. The smallest absolute Gasteiger partial charge is 0.387 e. The van der Waals surface area contributed by atoms with Crippen molar-refractivity contribution in [1.29, 1.82) is 0 Å². The Labute approximate surface area is 123 Å². The molecule has 4 nitrogen and oxygen atoms in total. The Hall–Kier alpha value is -1.24. The molecule has 0 bridgehead atoms. The van der Waals surface area contributed by atoms with Crippen LogP contribution in [-0.4, -0.2) is 48.9 Å². The summed E-state index contributed by atoms with van der Waals surface area (Å²) >= 11 is 0. The number of nitrogens with one attached hydrogen (secondary N) is 1. The summed E-state index contributed by atoms with van der Waals surface area (Å²) in [5.41, 5.74) is 0.658. The molecule has 0 radical (unpaired) electrons. The van der Waals surface area contributed by atoms with Crippen LogP contribution in [0.3, 0.4) is 0 Å². The van der Waals surface area contributed by atoms with Crippen molar-refractivity contribution in [3.63, 3.8) is 0 Å². The molecule has 0 aromatic heterocycles. The fourth-order valence-corrected chi connectivity index (χ4v) is 2.56. The Bertz CT molecular complexity index is 426. The van der Waals surface area contributed by atoms with Crippen LogP contribution in [0.2, 0.25) is 0 Å². The van der Waals surface area contributed by atoms with Crippen molar-refractivity contribution in [1.82, 2.24) is 10.2 Å². The molecular formula is C15H22F2N2O2. The van der Waals surface area contributed by atoms with Crippen LogP contribution in [0.25, 0.3) is 0 Å². The monoisotopic (exact) mass is 300 g/mol. The highest BCUT2D eigenvalue weighted by molar-refractivity contribution is 5.33. The summed E-state index contributed by atoms with van der Waals surface area (Å²) in [6.07, 6.45) is 1.93. The number of aliphatic hydroxyl groups is 1. The number of nitrogens with zero attached hydrogens (tertiary/aromatic N) is 1. The summed E-state index contributed by atoms with van der Waals surface area (Å²) in [5.74, 6) is 0.175. The number of ether oxygens (including phenoxy) is 1. The summed E-state index contributed by atoms with van der Waals surface area (Å²) in [6, 6.07) is 6.68. The number of halogens is 2. The molecule has 1 fully saturated rings. The number of likely N-dealkylation sites (tertiary alicyclic amines) is 1. The van der Waals surface area contributed by atoms with E-state index in [9.17, 15) is 13.9 Å². The molecule has 1 aliphatic heterocycles.